The van der Waals surface area contributed by atoms with Gasteiger partial charge < -0.3 is 5.11 Å². The normalized spacial score (nSPS) is 12.8. The third kappa shape index (κ3) is 6.41. The van der Waals surface area contributed by atoms with Crippen molar-refractivity contribution in [1.82, 2.24) is 0 Å². The maximum Gasteiger partial charge on any atom is 0.0639 e. The molecular formula is C17H24O. The van der Waals surface area contributed by atoms with Crippen LogP contribution in [-0.4, -0.2) is 11.7 Å². The number of benzene rings is 1. The third-order valence-corrected chi connectivity index (χ3v) is 3.05. The molecule has 1 rings (SSSR count). The van der Waals surface area contributed by atoms with Crippen LogP contribution in [0, 0.1) is 0 Å². The lowest BCUT2D eigenvalue weighted by Crippen LogP contribution is -1.85. The Morgan fingerprint density at radius 3 is 2.33 bits per heavy atom. The standard InChI is InChI=1S/C17H24O/c1-15(8-6-10-16(2)14-18)9-7-13-17-11-4-3-5-12-17/h3-5,9-12,18H,6-8,13-14H2,1-2H3/b15-9+,16-10-. The first-order valence-corrected chi connectivity index (χ1v) is 6.68. The first kappa shape index (κ1) is 14.7. The highest BCUT2D eigenvalue weighted by atomic mass is 16.3. The summed E-state index contributed by atoms with van der Waals surface area (Å²) < 4.78 is 0. The van der Waals surface area contributed by atoms with Gasteiger partial charge in [-0.2, -0.15) is 0 Å². The topological polar surface area (TPSA) is 20.2 Å². The van der Waals surface area contributed by atoms with Crippen molar-refractivity contribution in [3.05, 3.63) is 59.2 Å². The summed E-state index contributed by atoms with van der Waals surface area (Å²) in [6.45, 7) is 4.33. The second-order valence-electron chi connectivity index (χ2n) is 4.82. The molecule has 0 spiro atoms. The van der Waals surface area contributed by atoms with E-state index in [0.717, 1.165) is 31.3 Å². The van der Waals surface area contributed by atoms with Crippen LogP contribution >= 0.6 is 0 Å². The highest BCUT2D eigenvalue weighted by Crippen LogP contribution is 2.10. The van der Waals surface area contributed by atoms with Crippen LogP contribution in [0.3, 0.4) is 0 Å². The predicted molar refractivity (Wildman–Crippen MR) is 78.6 cm³/mol. The van der Waals surface area contributed by atoms with Gasteiger partial charge in [0.1, 0.15) is 0 Å². The maximum absolute atomic E-state index is 8.88. The number of aliphatic hydroxyl groups excluding tert-OH is 1. The fourth-order valence-corrected chi connectivity index (χ4v) is 1.84. The molecule has 0 amide bonds. The summed E-state index contributed by atoms with van der Waals surface area (Å²) in [7, 11) is 0. The SMILES string of the molecule is C/C(=C/CC/C(C)=C/CCc1ccccc1)CO. The molecule has 0 saturated carbocycles. The van der Waals surface area contributed by atoms with Gasteiger partial charge in [-0.1, -0.05) is 53.6 Å². The number of hydrogen-bond acceptors (Lipinski definition) is 1. The van der Waals surface area contributed by atoms with Gasteiger partial charge >= 0.3 is 0 Å². The summed E-state index contributed by atoms with van der Waals surface area (Å²) in [5.41, 5.74) is 3.90. The summed E-state index contributed by atoms with van der Waals surface area (Å²) in [5.74, 6) is 0. The molecule has 0 radical (unpaired) electrons. The van der Waals surface area contributed by atoms with E-state index < -0.39 is 0 Å². The van der Waals surface area contributed by atoms with E-state index in [-0.39, 0.29) is 6.61 Å². The van der Waals surface area contributed by atoms with Gasteiger partial charge in [0.15, 0.2) is 0 Å². The fraction of sp³-hybridized carbons (Fsp3) is 0.412. The Morgan fingerprint density at radius 2 is 1.67 bits per heavy atom. The van der Waals surface area contributed by atoms with Crippen LogP contribution in [0.1, 0.15) is 38.7 Å². The molecule has 0 heterocycles. The summed E-state index contributed by atoms with van der Waals surface area (Å²) in [5, 5.41) is 8.88. The molecule has 0 saturated heterocycles. The van der Waals surface area contributed by atoms with Crippen LogP contribution in [0.25, 0.3) is 0 Å². The molecule has 98 valence electrons. The van der Waals surface area contributed by atoms with E-state index >= 15 is 0 Å². The van der Waals surface area contributed by atoms with Crippen molar-refractivity contribution < 1.29 is 5.11 Å². The van der Waals surface area contributed by atoms with Crippen molar-refractivity contribution in [2.45, 2.75) is 39.5 Å². The summed E-state index contributed by atoms with van der Waals surface area (Å²) in [6, 6.07) is 10.6. The molecule has 18 heavy (non-hydrogen) atoms. The molecule has 1 nitrogen and oxygen atoms in total. The van der Waals surface area contributed by atoms with Gasteiger partial charge in [0.2, 0.25) is 0 Å². The molecule has 0 unspecified atom stereocenters. The average Bonchev–Trinajstić information content (AvgIpc) is 2.39. The van der Waals surface area contributed by atoms with Gasteiger partial charge in [-0.3, -0.25) is 0 Å². The molecular weight excluding hydrogens is 220 g/mol. The molecule has 0 aliphatic heterocycles. The van der Waals surface area contributed by atoms with E-state index in [1.807, 2.05) is 6.92 Å². The summed E-state index contributed by atoms with van der Waals surface area (Å²) in [6.07, 6.45) is 8.79. The van der Waals surface area contributed by atoms with Crippen LogP contribution in [0.5, 0.6) is 0 Å². The van der Waals surface area contributed by atoms with E-state index in [9.17, 15) is 0 Å². The molecule has 0 aromatic heterocycles. The lowest BCUT2D eigenvalue weighted by atomic mass is 10.1. The third-order valence-electron chi connectivity index (χ3n) is 3.05. The van der Waals surface area contributed by atoms with Gasteiger partial charge in [0.05, 0.1) is 6.61 Å². The average molecular weight is 244 g/mol. The van der Waals surface area contributed by atoms with Crippen molar-refractivity contribution in [3.63, 3.8) is 0 Å². The second kappa shape index (κ2) is 8.71. The molecule has 0 atom stereocenters. The Hall–Kier alpha value is -1.34. The number of aryl methyl sites for hydroxylation is 1. The van der Waals surface area contributed by atoms with Crippen LogP contribution < -0.4 is 0 Å². The van der Waals surface area contributed by atoms with Crippen molar-refractivity contribution in [2.75, 3.05) is 6.61 Å². The van der Waals surface area contributed by atoms with Crippen LogP contribution in [0.4, 0.5) is 0 Å². The van der Waals surface area contributed by atoms with Crippen LogP contribution in [0.15, 0.2) is 53.6 Å². The Bertz CT molecular complexity index is 387. The lowest BCUT2D eigenvalue weighted by molar-refractivity contribution is 0.331. The number of rotatable bonds is 7. The Labute approximate surface area is 111 Å². The summed E-state index contributed by atoms with van der Waals surface area (Å²) in [4.78, 5) is 0. The van der Waals surface area contributed by atoms with E-state index in [1.54, 1.807) is 0 Å². The Morgan fingerprint density at radius 1 is 1.00 bits per heavy atom. The molecule has 0 fully saturated rings. The Balaban J connectivity index is 2.26. The fourth-order valence-electron chi connectivity index (χ4n) is 1.84. The molecule has 1 aromatic carbocycles. The van der Waals surface area contributed by atoms with E-state index in [2.05, 4.69) is 49.4 Å². The smallest absolute Gasteiger partial charge is 0.0639 e. The van der Waals surface area contributed by atoms with Gasteiger partial charge in [-0.15, -0.1) is 0 Å². The minimum atomic E-state index is 0.177. The van der Waals surface area contributed by atoms with E-state index in [1.165, 1.54) is 11.1 Å². The lowest BCUT2D eigenvalue weighted by Gasteiger charge is -2.01. The molecule has 0 bridgehead atoms. The van der Waals surface area contributed by atoms with Crippen molar-refractivity contribution >= 4 is 0 Å². The van der Waals surface area contributed by atoms with Gasteiger partial charge in [0.25, 0.3) is 0 Å². The zero-order valence-electron chi connectivity index (χ0n) is 11.5. The van der Waals surface area contributed by atoms with Crippen molar-refractivity contribution in [1.29, 1.82) is 0 Å². The quantitative estimate of drug-likeness (QED) is 0.710. The molecule has 1 heteroatoms. The second-order valence-corrected chi connectivity index (χ2v) is 4.82. The highest BCUT2D eigenvalue weighted by Gasteiger charge is 1.92. The first-order valence-electron chi connectivity index (χ1n) is 6.68. The highest BCUT2D eigenvalue weighted by molar-refractivity contribution is 5.15. The zero-order valence-corrected chi connectivity index (χ0v) is 11.5. The van der Waals surface area contributed by atoms with Crippen LogP contribution in [0.2, 0.25) is 0 Å². The van der Waals surface area contributed by atoms with Crippen molar-refractivity contribution in [2.24, 2.45) is 0 Å². The summed E-state index contributed by atoms with van der Waals surface area (Å²) >= 11 is 0. The number of aliphatic hydroxyl groups is 1. The zero-order chi connectivity index (χ0) is 13.2. The molecule has 1 N–H and O–H groups in total. The van der Waals surface area contributed by atoms with Crippen molar-refractivity contribution in [3.8, 4) is 0 Å². The first-order chi connectivity index (χ1) is 8.72. The molecule has 0 aliphatic carbocycles. The molecule has 0 aliphatic rings. The number of hydrogen-bond donors (Lipinski definition) is 1. The van der Waals surface area contributed by atoms with Gasteiger partial charge in [-0.05, 0) is 45.1 Å². The van der Waals surface area contributed by atoms with E-state index in [4.69, 9.17) is 5.11 Å². The van der Waals surface area contributed by atoms with E-state index in [0.29, 0.717) is 0 Å². The largest absolute Gasteiger partial charge is 0.392 e. The van der Waals surface area contributed by atoms with Crippen LogP contribution in [-0.2, 0) is 6.42 Å². The molecule has 1 aromatic rings. The predicted octanol–water partition coefficient (Wildman–Crippen LogP) is 4.28. The Kier molecular flexibility index (Phi) is 7.12. The van der Waals surface area contributed by atoms with Gasteiger partial charge in [0, 0.05) is 0 Å². The number of allylic oxidation sites excluding steroid dienone is 3. The van der Waals surface area contributed by atoms with Gasteiger partial charge in [-0.25, -0.2) is 0 Å². The minimum Gasteiger partial charge on any atom is -0.392 e. The monoisotopic (exact) mass is 244 g/mol. The maximum atomic E-state index is 8.88. The minimum absolute atomic E-state index is 0.177.